The first-order valence-electron chi connectivity index (χ1n) is 12.4. The van der Waals surface area contributed by atoms with E-state index in [0.29, 0.717) is 17.9 Å². The summed E-state index contributed by atoms with van der Waals surface area (Å²) in [4.78, 5) is 19.0. The first-order chi connectivity index (χ1) is 17.2. The Hall–Kier alpha value is -3.86. The fourth-order valence-corrected chi connectivity index (χ4v) is 5.05. The molecule has 3 aromatic carbocycles. The summed E-state index contributed by atoms with van der Waals surface area (Å²) < 4.78 is 7.38. The molecule has 0 saturated heterocycles. The standard InChI is InChI=1S/C30H31N3O2/c1-3-33-28(30(34)31-26-16-10-8-12-21-11-7-9-15-25(21)26)27(22-17-19-24(35-2)20-18-22)32-29(33)23-13-5-4-6-14-23/h4-7,9,11,13-15,17-20,26H,3,8,10,12,16H2,1-2H3,(H,31,34). The molecule has 5 heteroatoms. The van der Waals surface area contributed by atoms with Crippen LogP contribution in [-0.2, 0) is 13.0 Å². The molecule has 5 rings (SSSR count). The zero-order chi connectivity index (χ0) is 24.2. The lowest BCUT2D eigenvalue weighted by Crippen LogP contribution is -2.31. The molecule has 1 aliphatic rings. The third-order valence-corrected chi connectivity index (χ3v) is 6.82. The molecule has 1 aromatic heterocycles. The zero-order valence-corrected chi connectivity index (χ0v) is 20.3. The number of rotatable bonds is 6. The lowest BCUT2D eigenvalue weighted by atomic mass is 9.99. The van der Waals surface area contributed by atoms with E-state index in [0.717, 1.165) is 48.4 Å². The number of nitrogens with zero attached hydrogens (tertiary/aromatic N) is 2. The largest absolute Gasteiger partial charge is 0.497 e. The third-order valence-electron chi connectivity index (χ3n) is 6.82. The van der Waals surface area contributed by atoms with Crippen molar-refractivity contribution in [2.45, 2.75) is 45.2 Å². The second-order valence-electron chi connectivity index (χ2n) is 8.94. The van der Waals surface area contributed by atoms with Crippen LogP contribution in [0.1, 0.15) is 53.8 Å². The number of fused-ring (bicyclic) bond motifs is 1. The number of imidazole rings is 1. The van der Waals surface area contributed by atoms with Gasteiger partial charge in [-0.15, -0.1) is 0 Å². The van der Waals surface area contributed by atoms with Crippen molar-refractivity contribution in [2.24, 2.45) is 0 Å². The predicted octanol–water partition coefficient (Wildman–Crippen LogP) is 6.44. The normalized spacial score (nSPS) is 15.2. The second-order valence-corrected chi connectivity index (χ2v) is 8.94. The van der Waals surface area contributed by atoms with Crippen LogP contribution in [0.25, 0.3) is 22.6 Å². The Balaban J connectivity index is 1.60. The monoisotopic (exact) mass is 465 g/mol. The minimum atomic E-state index is -0.0888. The summed E-state index contributed by atoms with van der Waals surface area (Å²) in [6, 6.07) is 26.3. The molecule has 0 aliphatic heterocycles. The van der Waals surface area contributed by atoms with Gasteiger partial charge in [-0.05, 0) is 61.6 Å². The van der Waals surface area contributed by atoms with Gasteiger partial charge in [-0.1, -0.05) is 61.0 Å². The van der Waals surface area contributed by atoms with E-state index in [-0.39, 0.29) is 11.9 Å². The van der Waals surface area contributed by atoms with Crippen molar-refractivity contribution < 1.29 is 9.53 Å². The van der Waals surface area contributed by atoms with Crippen LogP contribution in [0.4, 0.5) is 0 Å². The third kappa shape index (κ3) is 4.59. The molecule has 5 nitrogen and oxygen atoms in total. The highest BCUT2D eigenvalue weighted by Crippen LogP contribution is 2.33. The van der Waals surface area contributed by atoms with E-state index in [1.54, 1.807) is 7.11 Å². The van der Waals surface area contributed by atoms with Crippen LogP contribution in [0.3, 0.4) is 0 Å². The van der Waals surface area contributed by atoms with Gasteiger partial charge < -0.3 is 14.6 Å². The summed E-state index contributed by atoms with van der Waals surface area (Å²) in [6.45, 7) is 2.70. The van der Waals surface area contributed by atoms with Crippen LogP contribution < -0.4 is 10.1 Å². The van der Waals surface area contributed by atoms with E-state index in [9.17, 15) is 4.79 Å². The summed E-state index contributed by atoms with van der Waals surface area (Å²) in [7, 11) is 1.65. The smallest absolute Gasteiger partial charge is 0.270 e. The van der Waals surface area contributed by atoms with Gasteiger partial charge in [-0.25, -0.2) is 4.98 Å². The molecule has 1 aliphatic carbocycles. The van der Waals surface area contributed by atoms with Gasteiger partial charge in [0.15, 0.2) is 0 Å². The summed E-state index contributed by atoms with van der Waals surface area (Å²) in [5.74, 6) is 1.48. The maximum atomic E-state index is 14.0. The highest BCUT2D eigenvalue weighted by atomic mass is 16.5. The van der Waals surface area contributed by atoms with E-state index < -0.39 is 0 Å². The summed E-state index contributed by atoms with van der Waals surface area (Å²) in [6.07, 6.45) is 4.23. The average molecular weight is 466 g/mol. The number of methoxy groups -OCH3 is 1. The first-order valence-corrected chi connectivity index (χ1v) is 12.4. The van der Waals surface area contributed by atoms with E-state index in [4.69, 9.17) is 9.72 Å². The molecule has 1 amide bonds. The van der Waals surface area contributed by atoms with Crippen LogP contribution in [0.15, 0.2) is 78.9 Å². The van der Waals surface area contributed by atoms with Gasteiger partial charge in [0, 0.05) is 17.7 Å². The Kier molecular flexibility index (Phi) is 6.66. The summed E-state index contributed by atoms with van der Waals surface area (Å²) in [5.41, 5.74) is 5.73. The lowest BCUT2D eigenvalue weighted by Gasteiger charge is -2.20. The van der Waals surface area contributed by atoms with Crippen molar-refractivity contribution in [3.63, 3.8) is 0 Å². The zero-order valence-electron chi connectivity index (χ0n) is 20.3. The van der Waals surface area contributed by atoms with Crippen molar-refractivity contribution in [1.82, 2.24) is 14.9 Å². The van der Waals surface area contributed by atoms with Gasteiger partial charge >= 0.3 is 0 Å². The Morgan fingerprint density at radius 1 is 0.971 bits per heavy atom. The topological polar surface area (TPSA) is 56.2 Å². The second kappa shape index (κ2) is 10.2. The average Bonchev–Trinajstić information content (AvgIpc) is 3.19. The number of hydrogen-bond donors (Lipinski definition) is 1. The Morgan fingerprint density at radius 2 is 1.71 bits per heavy atom. The van der Waals surface area contributed by atoms with Crippen molar-refractivity contribution in [1.29, 1.82) is 0 Å². The molecule has 1 atom stereocenters. The minimum absolute atomic E-state index is 0.00898. The number of aryl methyl sites for hydroxylation is 1. The van der Waals surface area contributed by atoms with Gasteiger partial charge in [-0.2, -0.15) is 0 Å². The van der Waals surface area contributed by atoms with Crippen molar-refractivity contribution >= 4 is 5.91 Å². The maximum absolute atomic E-state index is 14.0. The molecule has 1 heterocycles. The number of amides is 1. The maximum Gasteiger partial charge on any atom is 0.270 e. The number of carbonyl (C=O) groups excluding carboxylic acids is 1. The molecule has 35 heavy (non-hydrogen) atoms. The number of nitrogens with one attached hydrogen (secondary N) is 1. The van der Waals surface area contributed by atoms with Crippen molar-refractivity contribution in [3.8, 4) is 28.4 Å². The van der Waals surface area contributed by atoms with Gasteiger partial charge in [0.2, 0.25) is 0 Å². The van der Waals surface area contributed by atoms with Crippen LogP contribution in [0, 0.1) is 0 Å². The van der Waals surface area contributed by atoms with Crippen LogP contribution in [-0.4, -0.2) is 22.6 Å². The molecule has 0 fully saturated rings. The number of aromatic nitrogens is 2. The van der Waals surface area contributed by atoms with E-state index in [2.05, 4.69) is 36.5 Å². The predicted molar refractivity (Wildman–Crippen MR) is 140 cm³/mol. The van der Waals surface area contributed by atoms with E-state index in [1.807, 2.05) is 59.2 Å². The van der Waals surface area contributed by atoms with E-state index in [1.165, 1.54) is 11.1 Å². The number of benzene rings is 3. The number of carbonyl (C=O) groups is 1. The van der Waals surface area contributed by atoms with E-state index >= 15 is 0 Å². The first kappa shape index (κ1) is 22.9. The summed E-state index contributed by atoms with van der Waals surface area (Å²) >= 11 is 0. The van der Waals surface area contributed by atoms with Crippen LogP contribution >= 0.6 is 0 Å². The van der Waals surface area contributed by atoms with Gasteiger partial charge in [-0.3, -0.25) is 4.79 Å². The summed E-state index contributed by atoms with van der Waals surface area (Å²) in [5, 5.41) is 3.38. The molecule has 178 valence electrons. The highest BCUT2D eigenvalue weighted by Gasteiger charge is 2.27. The van der Waals surface area contributed by atoms with Gasteiger partial charge in [0.05, 0.1) is 13.2 Å². The fraction of sp³-hybridized carbons (Fsp3) is 0.267. The minimum Gasteiger partial charge on any atom is -0.497 e. The number of ether oxygens (including phenoxy) is 1. The van der Waals surface area contributed by atoms with Crippen LogP contribution in [0.2, 0.25) is 0 Å². The van der Waals surface area contributed by atoms with Gasteiger partial charge in [0.25, 0.3) is 5.91 Å². The molecule has 0 spiro atoms. The Bertz CT molecular complexity index is 1310. The lowest BCUT2D eigenvalue weighted by molar-refractivity contribution is 0.0926. The molecule has 1 N–H and O–H groups in total. The molecule has 0 saturated carbocycles. The molecular weight excluding hydrogens is 434 g/mol. The van der Waals surface area contributed by atoms with Gasteiger partial charge in [0.1, 0.15) is 23.0 Å². The number of hydrogen-bond acceptors (Lipinski definition) is 3. The van der Waals surface area contributed by atoms with Crippen molar-refractivity contribution in [3.05, 3.63) is 95.7 Å². The molecule has 1 unspecified atom stereocenters. The quantitative estimate of drug-likeness (QED) is 0.333. The highest BCUT2D eigenvalue weighted by molar-refractivity contribution is 6.00. The molecular formula is C30H31N3O2. The molecule has 0 bridgehead atoms. The van der Waals surface area contributed by atoms with Crippen molar-refractivity contribution in [2.75, 3.05) is 7.11 Å². The Morgan fingerprint density at radius 3 is 2.46 bits per heavy atom. The Labute approximate surface area is 206 Å². The fourth-order valence-electron chi connectivity index (χ4n) is 5.05. The SMILES string of the molecule is CCn1c(-c2ccccc2)nc(-c2ccc(OC)cc2)c1C(=O)NC1CCCCc2ccccc21. The molecule has 0 radical (unpaired) electrons. The van der Waals surface area contributed by atoms with Crippen LogP contribution in [0.5, 0.6) is 5.75 Å². The molecule has 4 aromatic rings.